The molecule has 1 radical (unpaired) electrons. The minimum atomic E-state index is 1.01. The molecule has 3 heteroatoms. The van der Waals surface area contributed by atoms with E-state index in [0.717, 1.165) is 19.0 Å². The lowest BCUT2D eigenvalue weighted by molar-refractivity contribution is 0.334. The molecule has 2 aliphatic rings. The van der Waals surface area contributed by atoms with E-state index in [4.69, 9.17) is 0 Å². The van der Waals surface area contributed by atoms with Crippen molar-refractivity contribution in [3.63, 3.8) is 0 Å². The summed E-state index contributed by atoms with van der Waals surface area (Å²) in [5.74, 6) is 1.01. The lowest BCUT2D eigenvalue weighted by Gasteiger charge is -2.30. The van der Waals surface area contributed by atoms with Crippen molar-refractivity contribution in [1.82, 2.24) is 10.2 Å². The van der Waals surface area contributed by atoms with Gasteiger partial charge in [0.25, 0.3) is 0 Å². The van der Waals surface area contributed by atoms with E-state index in [2.05, 4.69) is 15.2 Å². The summed E-state index contributed by atoms with van der Waals surface area (Å²) >= 11 is 0. The summed E-state index contributed by atoms with van der Waals surface area (Å²) in [6, 6.07) is 0. The van der Waals surface area contributed by atoms with E-state index in [-0.39, 0.29) is 0 Å². The minimum absolute atomic E-state index is 1.01. The zero-order chi connectivity index (χ0) is 8.23. The molecule has 0 saturated carbocycles. The number of nitrogens with zero attached hydrogens (tertiary/aromatic N) is 2. The lowest BCUT2D eigenvalue weighted by atomic mass is 10.1. The first kappa shape index (κ1) is 7.65. The summed E-state index contributed by atoms with van der Waals surface area (Å²) in [4.78, 5) is 6.58. The molecule has 0 aliphatic carbocycles. The zero-order valence-corrected chi connectivity index (χ0v) is 7.16. The maximum absolute atomic E-state index is 4.27. The SMILES string of the molecule is [CH]1C=CN=C(N2CCCCC2)N1. The average Bonchev–Trinajstić information content (AvgIpc) is 2.21. The van der Waals surface area contributed by atoms with Crippen LogP contribution < -0.4 is 5.32 Å². The van der Waals surface area contributed by atoms with Crippen LogP contribution in [-0.4, -0.2) is 23.9 Å². The number of likely N-dealkylation sites (tertiary alicyclic amines) is 1. The normalized spacial score (nSPS) is 23.3. The van der Waals surface area contributed by atoms with E-state index in [1.54, 1.807) is 0 Å². The van der Waals surface area contributed by atoms with Crippen molar-refractivity contribution in [3.8, 4) is 0 Å². The number of rotatable bonds is 0. The second-order valence-corrected chi connectivity index (χ2v) is 3.15. The Balaban J connectivity index is 1.97. The maximum atomic E-state index is 4.27. The van der Waals surface area contributed by atoms with Crippen LogP contribution in [0.15, 0.2) is 17.3 Å². The van der Waals surface area contributed by atoms with Crippen molar-refractivity contribution >= 4 is 5.96 Å². The van der Waals surface area contributed by atoms with Crippen molar-refractivity contribution < 1.29 is 0 Å². The van der Waals surface area contributed by atoms with Crippen LogP contribution in [-0.2, 0) is 0 Å². The van der Waals surface area contributed by atoms with Crippen LogP contribution in [0.3, 0.4) is 0 Å². The summed E-state index contributed by atoms with van der Waals surface area (Å²) in [5.41, 5.74) is 0. The second-order valence-electron chi connectivity index (χ2n) is 3.15. The summed E-state index contributed by atoms with van der Waals surface area (Å²) in [6.07, 6.45) is 7.70. The fourth-order valence-corrected chi connectivity index (χ4v) is 1.60. The number of hydrogen-bond acceptors (Lipinski definition) is 3. The van der Waals surface area contributed by atoms with Gasteiger partial charge in [0.15, 0.2) is 5.96 Å². The predicted molar refractivity (Wildman–Crippen MR) is 49.4 cm³/mol. The molecule has 0 aromatic rings. The molecule has 65 valence electrons. The third-order valence-corrected chi connectivity index (χ3v) is 2.25. The highest BCUT2D eigenvalue weighted by Gasteiger charge is 2.14. The van der Waals surface area contributed by atoms with Crippen molar-refractivity contribution in [2.45, 2.75) is 19.3 Å². The van der Waals surface area contributed by atoms with Crippen LogP contribution in [0, 0.1) is 6.54 Å². The summed E-state index contributed by atoms with van der Waals surface area (Å²) in [7, 11) is 0. The molecule has 0 spiro atoms. The molecule has 2 aliphatic heterocycles. The molecule has 0 amide bonds. The van der Waals surface area contributed by atoms with Gasteiger partial charge < -0.3 is 10.2 Å². The molecular weight excluding hydrogens is 150 g/mol. The van der Waals surface area contributed by atoms with E-state index >= 15 is 0 Å². The molecule has 0 unspecified atom stereocenters. The van der Waals surface area contributed by atoms with E-state index in [1.165, 1.54) is 19.3 Å². The first-order chi connectivity index (χ1) is 5.97. The van der Waals surface area contributed by atoms with Crippen LogP contribution in [0.4, 0.5) is 0 Å². The van der Waals surface area contributed by atoms with Gasteiger partial charge in [0, 0.05) is 19.3 Å². The standard InChI is InChI=1S/C9H14N3/c1-2-7-12(8-3-1)9-10-5-4-6-11-9/h4-6H,1-3,7-8H2,(H,10,11). The first-order valence-corrected chi connectivity index (χ1v) is 4.54. The van der Waals surface area contributed by atoms with Gasteiger partial charge in [-0.25, -0.2) is 4.99 Å². The van der Waals surface area contributed by atoms with Gasteiger partial charge in [-0.2, -0.15) is 0 Å². The summed E-state index contributed by atoms with van der Waals surface area (Å²) < 4.78 is 0. The zero-order valence-electron chi connectivity index (χ0n) is 7.16. The number of piperidine rings is 1. The monoisotopic (exact) mass is 164 g/mol. The van der Waals surface area contributed by atoms with Gasteiger partial charge in [0.05, 0.1) is 6.54 Å². The Morgan fingerprint density at radius 1 is 1.25 bits per heavy atom. The van der Waals surface area contributed by atoms with E-state index in [0.29, 0.717) is 0 Å². The summed E-state index contributed by atoms with van der Waals surface area (Å²) in [6.45, 7) is 4.22. The number of hydrogen-bond donors (Lipinski definition) is 1. The predicted octanol–water partition coefficient (Wildman–Crippen LogP) is 1.11. The molecule has 2 heterocycles. The van der Waals surface area contributed by atoms with Gasteiger partial charge in [-0.05, 0) is 25.3 Å². The van der Waals surface area contributed by atoms with Crippen LogP contribution >= 0.6 is 0 Å². The Morgan fingerprint density at radius 3 is 2.75 bits per heavy atom. The van der Waals surface area contributed by atoms with E-state index in [9.17, 15) is 0 Å². The van der Waals surface area contributed by atoms with Crippen molar-refractivity contribution in [3.05, 3.63) is 18.8 Å². The smallest absolute Gasteiger partial charge is 0.199 e. The average molecular weight is 164 g/mol. The van der Waals surface area contributed by atoms with Gasteiger partial charge in [-0.1, -0.05) is 0 Å². The summed E-state index contributed by atoms with van der Waals surface area (Å²) in [5, 5.41) is 3.15. The Kier molecular flexibility index (Phi) is 2.30. The Morgan fingerprint density at radius 2 is 2.08 bits per heavy atom. The fraction of sp³-hybridized carbons (Fsp3) is 0.556. The minimum Gasteiger partial charge on any atom is -0.347 e. The van der Waals surface area contributed by atoms with E-state index < -0.39 is 0 Å². The van der Waals surface area contributed by atoms with Crippen molar-refractivity contribution in [1.29, 1.82) is 0 Å². The molecule has 12 heavy (non-hydrogen) atoms. The van der Waals surface area contributed by atoms with Crippen molar-refractivity contribution in [2.75, 3.05) is 13.1 Å². The first-order valence-electron chi connectivity index (χ1n) is 4.54. The quantitative estimate of drug-likeness (QED) is 0.580. The Bertz CT molecular complexity index is 202. The molecule has 0 aromatic carbocycles. The van der Waals surface area contributed by atoms with Crippen molar-refractivity contribution in [2.24, 2.45) is 4.99 Å². The molecule has 0 atom stereocenters. The highest BCUT2D eigenvalue weighted by Crippen LogP contribution is 2.09. The Hall–Kier alpha value is -0.990. The topological polar surface area (TPSA) is 27.6 Å². The van der Waals surface area contributed by atoms with Crippen LogP contribution in [0.2, 0.25) is 0 Å². The van der Waals surface area contributed by atoms with Gasteiger partial charge in [-0.15, -0.1) is 0 Å². The van der Waals surface area contributed by atoms with Crippen LogP contribution in [0.25, 0.3) is 0 Å². The van der Waals surface area contributed by atoms with E-state index in [1.807, 2.05) is 18.8 Å². The molecule has 1 fully saturated rings. The lowest BCUT2D eigenvalue weighted by Crippen LogP contribution is -2.43. The largest absolute Gasteiger partial charge is 0.347 e. The number of nitrogens with one attached hydrogen (secondary N) is 1. The molecule has 0 bridgehead atoms. The molecule has 2 rings (SSSR count). The third-order valence-electron chi connectivity index (χ3n) is 2.25. The Labute approximate surface area is 73.2 Å². The molecule has 1 N–H and O–H groups in total. The molecule has 1 saturated heterocycles. The van der Waals surface area contributed by atoms with Crippen LogP contribution in [0.5, 0.6) is 0 Å². The third kappa shape index (κ3) is 1.60. The molecular formula is C9H14N3. The molecule has 3 nitrogen and oxygen atoms in total. The van der Waals surface area contributed by atoms with Gasteiger partial charge in [0.1, 0.15) is 0 Å². The second kappa shape index (κ2) is 3.61. The van der Waals surface area contributed by atoms with Gasteiger partial charge >= 0.3 is 0 Å². The van der Waals surface area contributed by atoms with Gasteiger partial charge in [0.2, 0.25) is 0 Å². The number of guanidine groups is 1. The fourth-order valence-electron chi connectivity index (χ4n) is 1.60. The highest BCUT2D eigenvalue weighted by molar-refractivity contribution is 5.82. The van der Waals surface area contributed by atoms with Gasteiger partial charge in [-0.3, -0.25) is 0 Å². The number of aliphatic imine (C=N–C) groups is 1. The molecule has 0 aromatic heterocycles. The maximum Gasteiger partial charge on any atom is 0.199 e. The van der Waals surface area contributed by atoms with Crippen LogP contribution in [0.1, 0.15) is 19.3 Å². The highest BCUT2D eigenvalue weighted by atomic mass is 15.3.